The van der Waals surface area contributed by atoms with Crippen molar-refractivity contribution < 1.29 is 18.6 Å². The minimum absolute atomic E-state index is 0.383. The van der Waals surface area contributed by atoms with Crippen LogP contribution in [0.5, 0.6) is 0 Å². The highest BCUT2D eigenvalue weighted by Gasteiger charge is 2.26. The van der Waals surface area contributed by atoms with Crippen LogP contribution in [0.1, 0.15) is 20.3 Å². The number of rotatable bonds is 9. The van der Waals surface area contributed by atoms with Crippen LogP contribution in [0.2, 0.25) is 0 Å². The third-order valence-corrected chi connectivity index (χ3v) is 1.88. The Morgan fingerprint density at radius 3 is 2.53 bits per heavy atom. The van der Waals surface area contributed by atoms with Crippen LogP contribution in [0.4, 0.5) is 8.78 Å². The molecule has 0 spiro atoms. The van der Waals surface area contributed by atoms with E-state index in [-0.39, 0.29) is 0 Å². The van der Waals surface area contributed by atoms with Crippen molar-refractivity contribution >= 4 is 0 Å². The van der Waals surface area contributed by atoms with Gasteiger partial charge in [0.1, 0.15) is 6.61 Å². The zero-order valence-corrected chi connectivity index (χ0v) is 9.43. The lowest BCUT2D eigenvalue weighted by molar-refractivity contribution is -0.0483. The van der Waals surface area contributed by atoms with Crippen molar-refractivity contribution in [2.45, 2.75) is 26.2 Å². The van der Waals surface area contributed by atoms with Gasteiger partial charge < -0.3 is 15.2 Å². The maximum atomic E-state index is 12.5. The van der Waals surface area contributed by atoms with Gasteiger partial charge in [-0.05, 0) is 12.3 Å². The van der Waals surface area contributed by atoms with E-state index in [0.717, 1.165) is 6.42 Å². The van der Waals surface area contributed by atoms with Crippen LogP contribution in [-0.4, -0.2) is 43.9 Å². The molecule has 0 bridgehead atoms. The van der Waals surface area contributed by atoms with Gasteiger partial charge in [-0.1, -0.05) is 13.8 Å². The summed E-state index contributed by atoms with van der Waals surface area (Å²) >= 11 is 0. The van der Waals surface area contributed by atoms with Gasteiger partial charge in [0, 0.05) is 13.2 Å². The third kappa shape index (κ3) is 10.0. The number of alkyl halides is 2. The topological polar surface area (TPSA) is 41.5 Å². The first-order valence-corrected chi connectivity index (χ1v) is 5.25. The Hall–Kier alpha value is -0.260. The van der Waals surface area contributed by atoms with Crippen molar-refractivity contribution in [1.82, 2.24) is 5.32 Å². The third-order valence-electron chi connectivity index (χ3n) is 1.88. The molecule has 0 amide bonds. The van der Waals surface area contributed by atoms with Gasteiger partial charge in [0.05, 0.1) is 13.2 Å². The number of hydrogen-bond donors (Lipinski definition) is 2. The van der Waals surface area contributed by atoms with Gasteiger partial charge in [-0.15, -0.1) is 0 Å². The van der Waals surface area contributed by atoms with E-state index in [4.69, 9.17) is 9.84 Å². The van der Waals surface area contributed by atoms with Crippen LogP contribution in [0, 0.1) is 5.92 Å². The van der Waals surface area contributed by atoms with Gasteiger partial charge in [0.2, 0.25) is 0 Å². The molecule has 0 unspecified atom stereocenters. The maximum Gasteiger partial charge on any atom is 0.282 e. The van der Waals surface area contributed by atoms with Crippen molar-refractivity contribution in [1.29, 1.82) is 0 Å². The molecule has 3 nitrogen and oxygen atoms in total. The lowest BCUT2D eigenvalue weighted by atomic mass is 10.1. The molecule has 0 rings (SSSR count). The van der Waals surface area contributed by atoms with E-state index in [1.165, 1.54) is 0 Å². The summed E-state index contributed by atoms with van der Waals surface area (Å²) in [4.78, 5) is 0. The average Bonchev–Trinajstić information content (AvgIpc) is 2.16. The standard InChI is InChI=1S/C10H21F2NO2/c1-9(2)3-5-15-6-4-13-7-10(11,12)8-14/h9,13-14H,3-8H2,1-2H3. The van der Waals surface area contributed by atoms with Gasteiger partial charge in [0.15, 0.2) is 0 Å². The molecule has 0 radical (unpaired) electrons. The fraction of sp³-hybridized carbons (Fsp3) is 1.00. The molecular formula is C10H21F2NO2. The molecule has 92 valence electrons. The summed E-state index contributed by atoms with van der Waals surface area (Å²) in [5, 5.41) is 10.8. The molecule has 5 heteroatoms. The van der Waals surface area contributed by atoms with Crippen LogP contribution in [0.15, 0.2) is 0 Å². The number of nitrogens with one attached hydrogen (secondary N) is 1. The SMILES string of the molecule is CC(C)CCOCCNCC(F)(F)CO. The Morgan fingerprint density at radius 2 is 2.00 bits per heavy atom. The number of aliphatic hydroxyl groups excluding tert-OH is 1. The number of hydrogen-bond acceptors (Lipinski definition) is 3. The predicted octanol–water partition coefficient (Wildman–Crippen LogP) is 1.27. The Bertz CT molecular complexity index is 154. The molecule has 15 heavy (non-hydrogen) atoms. The molecule has 0 aromatic carbocycles. The van der Waals surface area contributed by atoms with E-state index in [0.29, 0.717) is 25.7 Å². The molecule has 0 saturated carbocycles. The van der Waals surface area contributed by atoms with Crippen LogP contribution in [0.3, 0.4) is 0 Å². The first kappa shape index (κ1) is 14.7. The summed E-state index contributed by atoms with van der Waals surface area (Å²) in [6.07, 6.45) is 0.979. The molecule has 0 aliphatic heterocycles. The first-order chi connectivity index (χ1) is 6.98. The lowest BCUT2D eigenvalue weighted by Crippen LogP contribution is -2.37. The van der Waals surface area contributed by atoms with Crippen molar-refractivity contribution in [3.05, 3.63) is 0 Å². The second-order valence-corrected chi connectivity index (χ2v) is 3.99. The van der Waals surface area contributed by atoms with Crippen LogP contribution >= 0.6 is 0 Å². The van der Waals surface area contributed by atoms with Crippen molar-refractivity contribution in [2.24, 2.45) is 5.92 Å². The fourth-order valence-electron chi connectivity index (χ4n) is 0.893. The van der Waals surface area contributed by atoms with Crippen LogP contribution in [0.25, 0.3) is 0 Å². The monoisotopic (exact) mass is 225 g/mol. The molecule has 0 aromatic rings. The minimum atomic E-state index is -3.03. The first-order valence-electron chi connectivity index (χ1n) is 5.25. The smallest absolute Gasteiger partial charge is 0.282 e. The lowest BCUT2D eigenvalue weighted by Gasteiger charge is -2.14. The summed E-state index contributed by atoms with van der Waals surface area (Å²) in [6.45, 7) is 4.05. The summed E-state index contributed by atoms with van der Waals surface area (Å²) < 4.78 is 30.2. The van der Waals surface area contributed by atoms with Gasteiger partial charge in [0.25, 0.3) is 5.92 Å². The summed E-state index contributed by atoms with van der Waals surface area (Å²) in [7, 11) is 0. The predicted molar refractivity (Wildman–Crippen MR) is 55.2 cm³/mol. The highest BCUT2D eigenvalue weighted by Crippen LogP contribution is 2.09. The van der Waals surface area contributed by atoms with Gasteiger partial charge in [-0.25, -0.2) is 8.78 Å². The molecule has 0 aliphatic carbocycles. The number of ether oxygens (including phenoxy) is 1. The maximum absolute atomic E-state index is 12.5. The van der Waals surface area contributed by atoms with E-state index in [2.05, 4.69) is 19.2 Å². The molecule has 0 atom stereocenters. The summed E-state index contributed by atoms with van der Waals surface area (Å²) in [5.41, 5.74) is 0. The van der Waals surface area contributed by atoms with E-state index in [1.54, 1.807) is 0 Å². The summed E-state index contributed by atoms with van der Waals surface area (Å²) in [5.74, 6) is -2.44. The number of aliphatic hydroxyl groups is 1. The van der Waals surface area contributed by atoms with Crippen molar-refractivity contribution in [3.63, 3.8) is 0 Å². The minimum Gasteiger partial charge on any atom is -0.390 e. The summed E-state index contributed by atoms with van der Waals surface area (Å²) in [6, 6.07) is 0. The van der Waals surface area contributed by atoms with E-state index >= 15 is 0 Å². The van der Waals surface area contributed by atoms with E-state index in [9.17, 15) is 8.78 Å². The number of halogens is 2. The Labute approximate surface area is 89.8 Å². The second kappa shape index (κ2) is 7.96. The molecule has 0 fully saturated rings. The molecule has 2 N–H and O–H groups in total. The van der Waals surface area contributed by atoms with Gasteiger partial charge in [-0.3, -0.25) is 0 Å². The molecule has 0 heterocycles. The Balaban J connectivity index is 3.18. The normalized spacial score (nSPS) is 12.4. The quantitative estimate of drug-likeness (QED) is 0.581. The highest BCUT2D eigenvalue weighted by molar-refractivity contribution is 4.67. The van der Waals surface area contributed by atoms with E-state index < -0.39 is 19.1 Å². The Morgan fingerprint density at radius 1 is 1.33 bits per heavy atom. The van der Waals surface area contributed by atoms with Crippen LogP contribution < -0.4 is 5.32 Å². The van der Waals surface area contributed by atoms with Crippen molar-refractivity contribution in [2.75, 3.05) is 32.9 Å². The van der Waals surface area contributed by atoms with Crippen LogP contribution in [-0.2, 0) is 4.74 Å². The zero-order chi connectivity index (χ0) is 11.7. The average molecular weight is 225 g/mol. The largest absolute Gasteiger partial charge is 0.390 e. The molecular weight excluding hydrogens is 204 g/mol. The van der Waals surface area contributed by atoms with Crippen molar-refractivity contribution in [3.8, 4) is 0 Å². The Kier molecular flexibility index (Phi) is 7.82. The second-order valence-electron chi connectivity index (χ2n) is 3.99. The van der Waals surface area contributed by atoms with E-state index in [1.807, 2.05) is 0 Å². The van der Waals surface area contributed by atoms with Gasteiger partial charge >= 0.3 is 0 Å². The molecule has 0 saturated heterocycles. The van der Waals surface area contributed by atoms with Gasteiger partial charge in [-0.2, -0.15) is 0 Å². The highest BCUT2D eigenvalue weighted by atomic mass is 19.3. The zero-order valence-electron chi connectivity index (χ0n) is 9.43. The molecule has 0 aromatic heterocycles. The molecule has 0 aliphatic rings. The fourth-order valence-corrected chi connectivity index (χ4v) is 0.893.